The number of carbonyl (C=O) groups excluding carboxylic acids is 2. The van der Waals surface area contributed by atoms with Crippen molar-refractivity contribution in [2.75, 3.05) is 7.11 Å². The minimum Gasteiger partial charge on any atom is -0.595 e. The SMILES string of the molecule is C/C=C(\C)[C@H]1C(C)=C[C@@H]2[C@@H]([C@H]1/C=C/C=C/C(=O)OC)[C@H](C)CC[C@H]2OC(=O)c1ccc([NH+]([O-])O)cc1. The quantitative estimate of drug-likeness (QED) is 0.187. The predicted molar refractivity (Wildman–Crippen MR) is 137 cm³/mol. The van der Waals surface area contributed by atoms with Crippen molar-refractivity contribution < 1.29 is 29.5 Å². The van der Waals surface area contributed by atoms with Crippen molar-refractivity contribution in [3.63, 3.8) is 0 Å². The number of hydrogen-bond donors (Lipinski definition) is 2. The fourth-order valence-electron chi connectivity index (χ4n) is 5.79. The van der Waals surface area contributed by atoms with Gasteiger partial charge in [0.05, 0.1) is 12.7 Å². The minimum absolute atomic E-state index is 0.0659. The van der Waals surface area contributed by atoms with Crippen molar-refractivity contribution in [1.29, 1.82) is 0 Å². The fraction of sp³-hybridized carbons (Fsp3) is 0.448. The molecule has 0 amide bonds. The van der Waals surface area contributed by atoms with Gasteiger partial charge in [0.25, 0.3) is 0 Å². The summed E-state index contributed by atoms with van der Waals surface area (Å²) in [5.74, 6) is 0.345. The molecule has 2 aliphatic rings. The molecule has 2 aliphatic carbocycles. The maximum Gasteiger partial charge on any atom is 0.338 e. The molecule has 194 valence electrons. The number of methoxy groups -OCH3 is 1. The molecule has 1 fully saturated rings. The van der Waals surface area contributed by atoms with Crippen LogP contribution >= 0.6 is 0 Å². The van der Waals surface area contributed by atoms with Gasteiger partial charge < -0.3 is 14.7 Å². The Labute approximate surface area is 213 Å². The van der Waals surface area contributed by atoms with Crippen molar-refractivity contribution in [2.45, 2.75) is 46.6 Å². The van der Waals surface area contributed by atoms with Crippen LogP contribution in [0.4, 0.5) is 5.69 Å². The van der Waals surface area contributed by atoms with Gasteiger partial charge >= 0.3 is 11.9 Å². The molecule has 0 heterocycles. The number of quaternary nitrogens is 1. The Morgan fingerprint density at radius 2 is 1.86 bits per heavy atom. The molecule has 36 heavy (non-hydrogen) atoms. The van der Waals surface area contributed by atoms with E-state index in [2.05, 4.69) is 50.7 Å². The lowest BCUT2D eigenvalue weighted by Gasteiger charge is -2.49. The zero-order valence-electron chi connectivity index (χ0n) is 21.6. The van der Waals surface area contributed by atoms with Crippen LogP contribution in [-0.4, -0.2) is 30.4 Å². The highest BCUT2D eigenvalue weighted by Gasteiger charge is 2.47. The molecule has 7 atom stereocenters. The summed E-state index contributed by atoms with van der Waals surface area (Å²) in [5, 5.41) is 19.2. The van der Waals surface area contributed by atoms with Crippen LogP contribution in [0.3, 0.4) is 0 Å². The minimum atomic E-state index is -1.03. The lowest BCUT2D eigenvalue weighted by atomic mass is 9.57. The molecule has 0 aliphatic heterocycles. The van der Waals surface area contributed by atoms with Crippen LogP contribution in [0.1, 0.15) is 50.9 Å². The van der Waals surface area contributed by atoms with Crippen LogP contribution in [0.2, 0.25) is 0 Å². The molecule has 7 heteroatoms. The van der Waals surface area contributed by atoms with Crippen LogP contribution in [0.5, 0.6) is 0 Å². The molecule has 2 N–H and O–H groups in total. The lowest BCUT2D eigenvalue weighted by Crippen LogP contribution is -2.99. The molecule has 7 nitrogen and oxygen atoms in total. The second kappa shape index (κ2) is 12.3. The van der Waals surface area contributed by atoms with Gasteiger partial charge in [0.2, 0.25) is 0 Å². The van der Waals surface area contributed by atoms with E-state index in [-0.39, 0.29) is 35.5 Å². The number of ether oxygens (including phenoxy) is 2. The van der Waals surface area contributed by atoms with Gasteiger partial charge in [-0.15, -0.1) is 0 Å². The summed E-state index contributed by atoms with van der Waals surface area (Å²) in [6.45, 7) is 8.61. The third-order valence-corrected chi connectivity index (χ3v) is 7.66. The van der Waals surface area contributed by atoms with Gasteiger partial charge in [0, 0.05) is 30.0 Å². The molecule has 3 rings (SSSR count). The highest BCUT2D eigenvalue weighted by Crippen LogP contribution is 2.51. The lowest BCUT2D eigenvalue weighted by molar-refractivity contribution is -0.991. The molecule has 0 radical (unpaired) electrons. The van der Waals surface area contributed by atoms with E-state index in [4.69, 9.17) is 9.94 Å². The van der Waals surface area contributed by atoms with Gasteiger partial charge in [-0.25, -0.2) is 14.8 Å². The van der Waals surface area contributed by atoms with Gasteiger partial charge in [-0.2, -0.15) is 5.23 Å². The molecule has 1 unspecified atom stereocenters. The fourth-order valence-corrected chi connectivity index (χ4v) is 5.79. The monoisotopic (exact) mass is 495 g/mol. The molecular formula is C29H37NO6. The largest absolute Gasteiger partial charge is 0.595 e. The summed E-state index contributed by atoms with van der Waals surface area (Å²) in [7, 11) is 1.35. The number of hydrogen-bond acceptors (Lipinski definition) is 6. The van der Waals surface area contributed by atoms with Crippen molar-refractivity contribution in [3.8, 4) is 0 Å². The van der Waals surface area contributed by atoms with E-state index in [1.165, 1.54) is 48.6 Å². The van der Waals surface area contributed by atoms with Crippen LogP contribution in [0.15, 0.2) is 71.9 Å². The number of benzene rings is 1. The van der Waals surface area contributed by atoms with Crippen LogP contribution in [0, 0.1) is 34.8 Å². The number of fused-ring (bicyclic) bond motifs is 1. The van der Waals surface area contributed by atoms with Gasteiger partial charge in [0.1, 0.15) is 6.10 Å². The number of nitrogens with one attached hydrogen (secondary N) is 1. The summed E-state index contributed by atoms with van der Waals surface area (Å²) in [4.78, 5) is 24.5. The highest BCUT2D eigenvalue weighted by molar-refractivity contribution is 5.89. The zero-order valence-corrected chi connectivity index (χ0v) is 21.6. The van der Waals surface area contributed by atoms with Crippen molar-refractivity contribution in [3.05, 3.63) is 82.6 Å². The Hall–Kier alpha value is -3.00. The van der Waals surface area contributed by atoms with Gasteiger partial charge in [-0.3, -0.25) is 0 Å². The van der Waals surface area contributed by atoms with E-state index in [0.717, 1.165) is 12.8 Å². The molecule has 1 saturated carbocycles. The van der Waals surface area contributed by atoms with E-state index in [9.17, 15) is 14.8 Å². The van der Waals surface area contributed by atoms with Crippen LogP contribution in [0.25, 0.3) is 0 Å². The maximum absolute atomic E-state index is 13.0. The molecule has 0 spiro atoms. The summed E-state index contributed by atoms with van der Waals surface area (Å²) in [6, 6.07) is 5.84. The average molecular weight is 496 g/mol. The first-order chi connectivity index (χ1) is 17.2. The third-order valence-electron chi connectivity index (χ3n) is 7.66. The second-order valence-corrected chi connectivity index (χ2v) is 9.80. The van der Waals surface area contributed by atoms with Crippen molar-refractivity contribution in [1.82, 2.24) is 0 Å². The Morgan fingerprint density at radius 1 is 1.17 bits per heavy atom. The summed E-state index contributed by atoms with van der Waals surface area (Å²) < 4.78 is 10.7. The predicted octanol–water partition coefficient (Wildman–Crippen LogP) is 4.72. The third kappa shape index (κ3) is 6.22. The molecular weight excluding hydrogens is 458 g/mol. The van der Waals surface area contributed by atoms with E-state index in [0.29, 0.717) is 11.5 Å². The average Bonchev–Trinajstić information content (AvgIpc) is 2.87. The molecule has 0 aromatic heterocycles. The topological polar surface area (TPSA) is 100 Å². The molecule has 0 saturated heterocycles. The van der Waals surface area contributed by atoms with Gasteiger partial charge in [-0.05, 0) is 63.5 Å². The van der Waals surface area contributed by atoms with E-state index in [1.54, 1.807) is 6.08 Å². The first-order valence-corrected chi connectivity index (χ1v) is 12.5. The Balaban J connectivity index is 1.90. The Bertz CT molecular complexity index is 1050. The summed E-state index contributed by atoms with van der Waals surface area (Å²) >= 11 is 0. The molecule has 0 bridgehead atoms. The van der Waals surface area contributed by atoms with Crippen molar-refractivity contribution >= 4 is 17.6 Å². The number of rotatable bonds is 7. The molecule has 1 aromatic rings. The number of allylic oxidation sites excluding steroid dienone is 6. The van der Waals surface area contributed by atoms with E-state index < -0.39 is 17.2 Å². The normalized spacial score (nSPS) is 29.5. The van der Waals surface area contributed by atoms with E-state index in [1.807, 2.05) is 6.08 Å². The Morgan fingerprint density at radius 3 is 2.47 bits per heavy atom. The van der Waals surface area contributed by atoms with Gasteiger partial charge in [0.15, 0.2) is 5.69 Å². The van der Waals surface area contributed by atoms with Crippen LogP contribution in [-0.2, 0) is 14.3 Å². The highest BCUT2D eigenvalue weighted by atomic mass is 16.8. The maximum atomic E-state index is 13.0. The summed E-state index contributed by atoms with van der Waals surface area (Å²) in [6.07, 6.45) is 13.1. The smallest absolute Gasteiger partial charge is 0.338 e. The Kier molecular flexibility index (Phi) is 9.43. The van der Waals surface area contributed by atoms with Gasteiger partial charge in [-0.1, -0.05) is 48.5 Å². The standard InChI is InChI=1S/C29H37NO6/c1-6-18(2)27-20(4)17-24-25(36-29(32)21-12-14-22(15-13-21)30(33)34)16-11-19(3)28(24)23(27)9-7-8-10-26(31)35-5/h6-10,12-15,17,19,23-25,27-28,30,33H,11,16H2,1-5H3/b9-7+,10-8+,18-6+/t19-,23+,24+,25-,27+,28-/m1/s1. The summed E-state index contributed by atoms with van der Waals surface area (Å²) in [5.41, 5.74) is 3.02. The van der Waals surface area contributed by atoms with E-state index >= 15 is 0 Å². The van der Waals surface area contributed by atoms with Crippen molar-refractivity contribution in [2.24, 2.45) is 29.6 Å². The first-order valence-electron chi connectivity index (χ1n) is 12.5. The number of esters is 2. The molecule has 1 aromatic carbocycles. The second-order valence-electron chi connectivity index (χ2n) is 9.80. The van der Waals surface area contributed by atoms with Crippen LogP contribution < -0.4 is 5.23 Å². The number of carbonyl (C=O) groups is 2. The first kappa shape index (κ1) is 27.6. The zero-order chi connectivity index (χ0) is 26.4.